The average Bonchev–Trinajstić information content (AvgIpc) is 3.76. The predicted molar refractivity (Wildman–Crippen MR) is 128 cm³/mol. The van der Waals surface area contributed by atoms with E-state index in [1.807, 2.05) is 17.0 Å². The van der Waals surface area contributed by atoms with Gasteiger partial charge in [-0.15, -0.1) is 0 Å². The second-order valence-corrected chi connectivity index (χ2v) is 10.8. The minimum Gasteiger partial charge on any atom is -0.495 e. The van der Waals surface area contributed by atoms with Crippen molar-refractivity contribution in [3.05, 3.63) is 77.7 Å². The SMILES string of the molecule is COc1ccccc1NS(=O)(=O)c1ccc(C(=O)N(Cc2ccc(C3CC3C)o2)C2CC2)cc1. The average molecular weight is 481 g/mol. The van der Waals surface area contributed by atoms with Gasteiger partial charge in [-0.25, -0.2) is 8.42 Å². The fourth-order valence-electron chi connectivity index (χ4n) is 4.19. The summed E-state index contributed by atoms with van der Waals surface area (Å²) in [5, 5.41) is 0. The molecule has 1 amide bonds. The number of rotatable bonds is 9. The van der Waals surface area contributed by atoms with Gasteiger partial charge in [0.05, 0.1) is 24.2 Å². The van der Waals surface area contributed by atoms with E-state index in [-0.39, 0.29) is 16.8 Å². The minimum absolute atomic E-state index is 0.0714. The Morgan fingerprint density at radius 2 is 1.79 bits per heavy atom. The molecule has 178 valence electrons. The van der Waals surface area contributed by atoms with E-state index in [2.05, 4.69) is 11.6 Å². The van der Waals surface area contributed by atoms with E-state index in [0.29, 0.717) is 35.4 Å². The summed E-state index contributed by atoms with van der Waals surface area (Å²) in [6, 6.07) is 17.0. The lowest BCUT2D eigenvalue weighted by Gasteiger charge is -2.21. The Hall–Kier alpha value is -3.26. The van der Waals surface area contributed by atoms with Gasteiger partial charge in [-0.2, -0.15) is 0 Å². The fourth-order valence-corrected chi connectivity index (χ4v) is 5.26. The molecule has 0 saturated heterocycles. The summed E-state index contributed by atoms with van der Waals surface area (Å²) in [5.74, 6) is 3.25. The van der Waals surface area contributed by atoms with Crippen molar-refractivity contribution in [3.63, 3.8) is 0 Å². The Morgan fingerprint density at radius 3 is 2.44 bits per heavy atom. The third kappa shape index (κ3) is 4.68. The maximum atomic E-state index is 13.3. The van der Waals surface area contributed by atoms with Gasteiger partial charge in [0.15, 0.2) is 0 Å². The molecule has 2 aliphatic carbocycles. The minimum atomic E-state index is -3.84. The summed E-state index contributed by atoms with van der Waals surface area (Å²) in [7, 11) is -2.35. The number of carbonyl (C=O) groups excluding carboxylic acids is 1. The van der Waals surface area contributed by atoms with Crippen LogP contribution in [-0.4, -0.2) is 32.4 Å². The Bertz CT molecular complexity index is 1290. The Balaban J connectivity index is 1.30. The first-order chi connectivity index (χ1) is 16.4. The predicted octanol–water partition coefficient (Wildman–Crippen LogP) is 5.02. The fraction of sp³-hybridized carbons (Fsp3) is 0.346. The standard InChI is InChI=1S/C26H28N2O5S/c1-17-15-22(17)24-14-11-20(33-24)16-28(19-9-10-19)26(29)18-7-12-21(13-8-18)34(30,31)27-23-5-3-4-6-25(23)32-2/h3-8,11-14,17,19,22,27H,9-10,15-16H2,1-2H3. The van der Waals surface area contributed by atoms with Crippen LogP contribution in [0, 0.1) is 5.92 Å². The Morgan fingerprint density at radius 1 is 1.09 bits per heavy atom. The van der Waals surface area contributed by atoms with E-state index in [1.165, 1.54) is 19.2 Å². The molecule has 7 nitrogen and oxygen atoms in total. The van der Waals surface area contributed by atoms with Gasteiger partial charge in [0, 0.05) is 17.5 Å². The number of ether oxygens (including phenoxy) is 1. The lowest BCUT2D eigenvalue weighted by molar-refractivity contribution is 0.0716. The summed E-state index contributed by atoms with van der Waals surface area (Å²) in [5.41, 5.74) is 0.800. The molecule has 1 aromatic heterocycles. The maximum Gasteiger partial charge on any atom is 0.262 e. The smallest absolute Gasteiger partial charge is 0.262 e. The third-order valence-corrected chi connectivity index (χ3v) is 7.88. The van der Waals surface area contributed by atoms with E-state index >= 15 is 0 Å². The maximum absolute atomic E-state index is 13.3. The topological polar surface area (TPSA) is 88.8 Å². The van der Waals surface area contributed by atoms with Crippen molar-refractivity contribution in [2.75, 3.05) is 11.8 Å². The highest BCUT2D eigenvalue weighted by atomic mass is 32.2. The van der Waals surface area contributed by atoms with Crippen molar-refractivity contribution >= 4 is 21.6 Å². The van der Waals surface area contributed by atoms with Gasteiger partial charge >= 0.3 is 0 Å². The molecular formula is C26H28N2O5S. The molecule has 1 heterocycles. The quantitative estimate of drug-likeness (QED) is 0.465. The van der Waals surface area contributed by atoms with Crippen molar-refractivity contribution in [3.8, 4) is 5.75 Å². The second kappa shape index (κ2) is 8.83. The number of carbonyl (C=O) groups is 1. The van der Waals surface area contributed by atoms with Gasteiger partial charge in [0.25, 0.3) is 15.9 Å². The molecular weight excluding hydrogens is 452 g/mol. The second-order valence-electron chi connectivity index (χ2n) is 9.12. The molecule has 8 heteroatoms. The van der Waals surface area contributed by atoms with Crippen LogP contribution in [0.15, 0.2) is 70.0 Å². The molecule has 0 spiro atoms. The van der Waals surface area contributed by atoms with Crippen LogP contribution in [0.1, 0.15) is 54.0 Å². The van der Waals surface area contributed by atoms with E-state index in [0.717, 1.165) is 30.8 Å². The van der Waals surface area contributed by atoms with Gasteiger partial charge in [-0.05, 0) is 73.7 Å². The van der Waals surface area contributed by atoms with Crippen LogP contribution in [0.25, 0.3) is 0 Å². The van der Waals surface area contributed by atoms with E-state index in [4.69, 9.17) is 9.15 Å². The van der Waals surface area contributed by atoms with E-state index in [1.54, 1.807) is 36.4 Å². The molecule has 1 N–H and O–H groups in total. The van der Waals surface area contributed by atoms with Crippen molar-refractivity contribution in [1.29, 1.82) is 0 Å². The van der Waals surface area contributed by atoms with Gasteiger partial charge in [0.2, 0.25) is 0 Å². The molecule has 2 atom stereocenters. The number of methoxy groups -OCH3 is 1. The van der Waals surface area contributed by atoms with E-state index < -0.39 is 10.0 Å². The first-order valence-corrected chi connectivity index (χ1v) is 13.0. The number of amides is 1. The number of hydrogen-bond acceptors (Lipinski definition) is 5. The van der Waals surface area contributed by atoms with Crippen molar-refractivity contribution in [2.24, 2.45) is 5.92 Å². The molecule has 0 aliphatic heterocycles. The molecule has 0 radical (unpaired) electrons. The van der Waals surface area contributed by atoms with Crippen molar-refractivity contribution in [2.45, 2.75) is 49.6 Å². The van der Waals surface area contributed by atoms with Crippen LogP contribution in [0.4, 0.5) is 5.69 Å². The number of benzene rings is 2. The van der Waals surface area contributed by atoms with Gasteiger partial charge < -0.3 is 14.1 Å². The number of hydrogen-bond donors (Lipinski definition) is 1. The number of sulfonamides is 1. The van der Waals surface area contributed by atoms with E-state index in [9.17, 15) is 13.2 Å². The highest BCUT2D eigenvalue weighted by molar-refractivity contribution is 7.92. The van der Waals surface area contributed by atoms with Gasteiger partial charge in [0.1, 0.15) is 17.3 Å². The molecule has 2 fully saturated rings. The molecule has 2 saturated carbocycles. The Labute approximate surface area is 199 Å². The number of nitrogens with one attached hydrogen (secondary N) is 1. The van der Waals surface area contributed by atoms with Crippen molar-refractivity contribution < 1.29 is 22.4 Å². The summed E-state index contributed by atoms with van der Waals surface area (Å²) in [6.07, 6.45) is 3.09. The first-order valence-electron chi connectivity index (χ1n) is 11.5. The summed E-state index contributed by atoms with van der Waals surface area (Å²) < 4.78 is 39.5. The van der Waals surface area contributed by atoms with Crippen molar-refractivity contribution in [1.82, 2.24) is 4.90 Å². The molecule has 2 aromatic carbocycles. The molecule has 2 aliphatic rings. The molecule has 34 heavy (non-hydrogen) atoms. The summed E-state index contributed by atoms with van der Waals surface area (Å²) in [4.78, 5) is 15.2. The zero-order chi connectivity index (χ0) is 23.9. The van der Waals surface area contributed by atoms with Crippen LogP contribution in [0.3, 0.4) is 0 Å². The molecule has 5 rings (SSSR count). The number of furan rings is 1. The zero-order valence-corrected chi connectivity index (χ0v) is 20.0. The first kappa shape index (κ1) is 22.5. The van der Waals surface area contributed by atoms with Gasteiger partial charge in [-0.3, -0.25) is 9.52 Å². The molecule has 2 unspecified atom stereocenters. The van der Waals surface area contributed by atoms with Gasteiger partial charge in [-0.1, -0.05) is 19.1 Å². The highest BCUT2D eigenvalue weighted by Crippen LogP contribution is 2.47. The summed E-state index contributed by atoms with van der Waals surface area (Å²) in [6.45, 7) is 2.63. The zero-order valence-electron chi connectivity index (χ0n) is 19.2. The Kier molecular flexibility index (Phi) is 5.85. The number of para-hydroxylation sites is 2. The van der Waals surface area contributed by atoms with Crippen LogP contribution < -0.4 is 9.46 Å². The largest absolute Gasteiger partial charge is 0.495 e. The van der Waals surface area contributed by atoms with Crippen LogP contribution >= 0.6 is 0 Å². The lowest BCUT2D eigenvalue weighted by Crippen LogP contribution is -2.32. The normalized spacial score (nSPS) is 19.5. The van der Waals surface area contributed by atoms with Crippen LogP contribution in [0.5, 0.6) is 5.75 Å². The summed E-state index contributed by atoms with van der Waals surface area (Å²) >= 11 is 0. The highest BCUT2D eigenvalue weighted by Gasteiger charge is 2.37. The number of nitrogens with zero attached hydrogens (tertiary/aromatic N) is 1. The van der Waals surface area contributed by atoms with Crippen LogP contribution in [0.2, 0.25) is 0 Å². The molecule has 3 aromatic rings. The van der Waals surface area contributed by atoms with Crippen LogP contribution in [-0.2, 0) is 16.6 Å². The number of anilines is 1. The molecule has 0 bridgehead atoms. The monoisotopic (exact) mass is 480 g/mol. The third-order valence-electron chi connectivity index (χ3n) is 6.49. The lowest BCUT2D eigenvalue weighted by atomic mass is 10.2.